The van der Waals surface area contributed by atoms with Crippen LogP contribution in [0.4, 0.5) is 4.79 Å². The van der Waals surface area contributed by atoms with E-state index in [0.717, 1.165) is 12.8 Å². The second-order valence-electron chi connectivity index (χ2n) is 11.2. The highest BCUT2D eigenvalue weighted by Gasteiger charge is 2.52. The highest BCUT2D eigenvalue weighted by molar-refractivity contribution is 6.99. The lowest BCUT2D eigenvalue weighted by atomic mass is 9.70. The summed E-state index contributed by atoms with van der Waals surface area (Å²) >= 11 is 0. The molecule has 0 bridgehead atoms. The Bertz CT molecular complexity index is 980. The molecule has 1 aliphatic carbocycles. The first kappa shape index (κ1) is 25.6. The molecule has 1 heterocycles. The van der Waals surface area contributed by atoms with E-state index in [1.54, 1.807) is 0 Å². The van der Waals surface area contributed by atoms with E-state index >= 15 is 0 Å². The van der Waals surface area contributed by atoms with Crippen molar-refractivity contribution in [1.29, 1.82) is 0 Å². The predicted molar refractivity (Wildman–Crippen MR) is 142 cm³/mol. The summed E-state index contributed by atoms with van der Waals surface area (Å²) in [6, 6.07) is 20.9. The number of likely N-dealkylation sites (tertiary alicyclic amines) is 1. The molecule has 2 aliphatic rings. The van der Waals surface area contributed by atoms with Gasteiger partial charge in [-0.05, 0) is 40.1 Å². The summed E-state index contributed by atoms with van der Waals surface area (Å²) in [5.74, 6) is 0.851. The third-order valence-corrected chi connectivity index (χ3v) is 13.1. The molecule has 2 aromatic carbocycles. The van der Waals surface area contributed by atoms with E-state index < -0.39 is 8.32 Å². The second kappa shape index (κ2) is 10.3. The minimum atomic E-state index is -2.72. The average molecular weight is 494 g/mol. The van der Waals surface area contributed by atoms with Gasteiger partial charge in [0.05, 0.1) is 19.8 Å². The minimum absolute atomic E-state index is 0.111. The average Bonchev–Trinajstić information content (AvgIpc) is 2.84. The van der Waals surface area contributed by atoms with Crippen molar-refractivity contribution in [2.45, 2.75) is 70.5 Å². The topological polar surface area (TPSA) is 55.8 Å². The van der Waals surface area contributed by atoms with Crippen LogP contribution in [0.2, 0.25) is 5.04 Å². The summed E-state index contributed by atoms with van der Waals surface area (Å²) < 4.78 is 12.4. The maximum Gasteiger partial charge on any atom is 0.410 e. The molecule has 1 saturated carbocycles. The maximum atomic E-state index is 13.1. The molecule has 0 aromatic heterocycles. The Balaban J connectivity index is 1.71. The van der Waals surface area contributed by atoms with Gasteiger partial charge in [-0.25, -0.2) is 4.79 Å². The van der Waals surface area contributed by atoms with Crippen LogP contribution in [-0.2, 0) is 14.0 Å². The molecular weight excluding hydrogens is 454 g/mol. The Hall–Kier alpha value is -2.44. The van der Waals surface area contributed by atoms with Gasteiger partial charge in [-0.1, -0.05) is 88.4 Å². The number of benzene rings is 2. The molecule has 4 atom stereocenters. The van der Waals surface area contributed by atoms with E-state index in [9.17, 15) is 9.59 Å². The van der Waals surface area contributed by atoms with E-state index in [1.807, 2.05) is 17.0 Å². The Labute approximate surface area is 210 Å². The Kier molecular flexibility index (Phi) is 7.53. The number of carbonyl (C=O) groups is 2. The molecule has 0 unspecified atom stereocenters. The number of carbonyl (C=O) groups excluding carboxylic acids is 2. The van der Waals surface area contributed by atoms with E-state index in [0.29, 0.717) is 25.4 Å². The minimum Gasteiger partial charge on any atom is -0.453 e. The van der Waals surface area contributed by atoms with Gasteiger partial charge in [0.1, 0.15) is 5.78 Å². The van der Waals surface area contributed by atoms with Crippen LogP contribution >= 0.6 is 0 Å². The normalized spacial score (nSPS) is 25.2. The number of rotatable bonds is 5. The summed E-state index contributed by atoms with van der Waals surface area (Å²) in [6.45, 7) is 9.35. The zero-order valence-electron chi connectivity index (χ0n) is 21.7. The second-order valence-corrected chi connectivity index (χ2v) is 15.5. The number of hydrogen-bond acceptors (Lipinski definition) is 4. The van der Waals surface area contributed by atoms with Crippen LogP contribution in [-0.4, -0.2) is 50.9 Å². The van der Waals surface area contributed by atoms with Crippen molar-refractivity contribution in [2.24, 2.45) is 11.8 Å². The molecule has 6 heteroatoms. The fraction of sp³-hybridized carbons (Fsp3) is 0.517. The number of amides is 1. The largest absolute Gasteiger partial charge is 0.453 e. The number of ketones is 1. The number of hydrogen-bond donors (Lipinski definition) is 0. The van der Waals surface area contributed by atoms with Crippen molar-refractivity contribution < 1.29 is 18.8 Å². The van der Waals surface area contributed by atoms with E-state index in [-0.39, 0.29) is 34.9 Å². The standard InChI is InChI=1S/C29H39NO4Si/c1-21-18-23(31)19-27-26(21)17-16-22(30(27)28(32)33-5)20-34-35(29(2,3)4,24-12-8-6-9-13-24)25-14-10-7-11-15-25/h6-15,21-22,26-27H,16-20H2,1-5H3/t21-,22+,26-,27+/m1/s1. The fourth-order valence-corrected chi connectivity index (χ4v) is 11.1. The monoisotopic (exact) mass is 493 g/mol. The molecule has 2 fully saturated rings. The van der Waals surface area contributed by atoms with Crippen molar-refractivity contribution in [3.8, 4) is 0 Å². The van der Waals surface area contributed by atoms with E-state index in [4.69, 9.17) is 9.16 Å². The van der Waals surface area contributed by atoms with Crippen molar-refractivity contribution >= 4 is 30.6 Å². The molecule has 5 nitrogen and oxygen atoms in total. The molecule has 1 saturated heterocycles. The van der Waals surface area contributed by atoms with Gasteiger partial charge in [-0.3, -0.25) is 9.69 Å². The number of methoxy groups -OCH3 is 1. The first-order valence-electron chi connectivity index (χ1n) is 12.8. The van der Waals surface area contributed by atoms with Crippen LogP contribution in [0.3, 0.4) is 0 Å². The zero-order chi connectivity index (χ0) is 25.2. The lowest BCUT2D eigenvalue weighted by Gasteiger charge is -2.50. The lowest BCUT2D eigenvalue weighted by Crippen LogP contribution is -2.68. The zero-order valence-corrected chi connectivity index (χ0v) is 22.7. The van der Waals surface area contributed by atoms with Gasteiger partial charge >= 0.3 is 6.09 Å². The molecule has 1 aliphatic heterocycles. The molecule has 0 spiro atoms. The van der Waals surface area contributed by atoms with Crippen molar-refractivity contribution in [2.75, 3.05) is 13.7 Å². The molecular formula is C29H39NO4Si. The van der Waals surface area contributed by atoms with Gasteiger partial charge in [-0.15, -0.1) is 0 Å². The number of nitrogens with zero attached hydrogens (tertiary/aromatic N) is 1. The van der Waals surface area contributed by atoms with Crippen molar-refractivity contribution in [3.63, 3.8) is 0 Å². The first-order valence-corrected chi connectivity index (χ1v) is 14.7. The van der Waals surface area contributed by atoms with Gasteiger partial charge < -0.3 is 9.16 Å². The molecule has 0 radical (unpaired) electrons. The molecule has 1 amide bonds. The summed E-state index contributed by atoms with van der Waals surface area (Å²) in [5.41, 5.74) is 0. The SMILES string of the molecule is COC(=O)N1[C@H](CO[Si](c2ccccc2)(c2ccccc2)C(C)(C)C)CC[C@@H]2[C@H](C)CC(=O)C[C@@H]21. The smallest absolute Gasteiger partial charge is 0.410 e. The maximum absolute atomic E-state index is 13.1. The molecule has 188 valence electrons. The quantitative estimate of drug-likeness (QED) is 0.563. The summed E-state index contributed by atoms with van der Waals surface area (Å²) in [5, 5.41) is 2.30. The molecule has 2 aromatic rings. The predicted octanol–water partition coefficient (Wildman–Crippen LogP) is 4.78. The van der Waals surface area contributed by atoms with Gasteiger partial charge in [0.2, 0.25) is 0 Å². The number of fused-ring (bicyclic) bond motifs is 1. The summed E-state index contributed by atoms with van der Waals surface area (Å²) in [6.07, 6.45) is 2.53. The van der Waals surface area contributed by atoms with Crippen LogP contribution in [0, 0.1) is 11.8 Å². The van der Waals surface area contributed by atoms with E-state index in [1.165, 1.54) is 17.5 Å². The van der Waals surface area contributed by atoms with Crippen LogP contribution < -0.4 is 10.4 Å². The van der Waals surface area contributed by atoms with Gasteiger partial charge in [0.25, 0.3) is 8.32 Å². The summed E-state index contributed by atoms with van der Waals surface area (Å²) in [4.78, 5) is 27.4. The third kappa shape index (κ3) is 4.83. The van der Waals surface area contributed by atoms with Crippen LogP contribution in [0.25, 0.3) is 0 Å². The number of Topliss-reactive ketones (excluding diaryl/α,β-unsaturated/α-hetero) is 1. The van der Waals surface area contributed by atoms with Crippen LogP contribution in [0.1, 0.15) is 53.4 Å². The van der Waals surface area contributed by atoms with Crippen LogP contribution in [0.15, 0.2) is 60.7 Å². The fourth-order valence-electron chi connectivity index (χ4n) is 6.47. The molecule has 0 N–H and O–H groups in total. The summed E-state index contributed by atoms with van der Waals surface area (Å²) in [7, 11) is -1.29. The number of ether oxygens (including phenoxy) is 1. The van der Waals surface area contributed by atoms with Gasteiger partial charge in [0, 0.05) is 18.9 Å². The molecule has 35 heavy (non-hydrogen) atoms. The Morgan fingerprint density at radius 2 is 1.54 bits per heavy atom. The van der Waals surface area contributed by atoms with Crippen molar-refractivity contribution in [1.82, 2.24) is 4.90 Å². The van der Waals surface area contributed by atoms with Crippen LogP contribution in [0.5, 0.6) is 0 Å². The first-order chi connectivity index (χ1) is 16.7. The van der Waals surface area contributed by atoms with Crippen molar-refractivity contribution in [3.05, 3.63) is 60.7 Å². The highest BCUT2D eigenvalue weighted by Crippen LogP contribution is 2.42. The third-order valence-electron chi connectivity index (χ3n) is 8.09. The highest BCUT2D eigenvalue weighted by atomic mass is 28.4. The Morgan fingerprint density at radius 1 is 0.971 bits per heavy atom. The molecule has 4 rings (SSSR count). The van der Waals surface area contributed by atoms with E-state index in [2.05, 4.69) is 76.2 Å². The van der Waals surface area contributed by atoms with Gasteiger partial charge in [0.15, 0.2) is 0 Å². The lowest BCUT2D eigenvalue weighted by molar-refractivity contribution is -0.127. The Morgan fingerprint density at radius 3 is 2.06 bits per heavy atom. The van der Waals surface area contributed by atoms with Gasteiger partial charge in [-0.2, -0.15) is 0 Å². The number of piperidine rings is 1.